The van der Waals surface area contributed by atoms with E-state index in [0.29, 0.717) is 5.56 Å². The molecule has 2 aromatic rings. The van der Waals surface area contributed by atoms with E-state index >= 15 is 0 Å². The Morgan fingerprint density at radius 1 is 1.13 bits per heavy atom. The van der Waals surface area contributed by atoms with E-state index in [0.717, 1.165) is 3.57 Å². The van der Waals surface area contributed by atoms with Crippen molar-refractivity contribution in [2.75, 3.05) is 6.61 Å². The van der Waals surface area contributed by atoms with Crippen LogP contribution in [0, 0.1) is 3.57 Å². The topological polar surface area (TPSA) is 72.5 Å². The molecule has 2 rings (SSSR count). The van der Waals surface area contributed by atoms with Crippen molar-refractivity contribution in [1.29, 1.82) is 0 Å². The number of nitrogens with one attached hydrogen (secondary N) is 1. The Hall–Kier alpha value is -1.45. The van der Waals surface area contributed by atoms with Crippen molar-refractivity contribution >= 4 is 38.6 Å². The van der Waals surface area contributed by atoms with Gasteiger partial charge in [-0.1, -0.05) is 30.3 Å². The van der Waals surface area contributed by atoms with Crippen LogP contribution in [0.1, 0.15) is 18.5 Å². The van der Waals surface area contributed by atoms with Crippen LogP contribution in [-0.2, 0) is 19.6 Å². The normalized spacial score (nSPS) is 12.6. The molecule has 5 nitrogen and oxygen atoms in total. The van der Waals surface area contributed by atoms with Gasteiger partial charge in [-0.25, -0.2) is 13.2 Å². The zero-order valence-corrected chi connectivity index (χ0v) is 15.4. The largest absolute Gasteiger partial charge is 0.465 e. The predicted molar refractivity (Wildman–Crippen MR) is 95.3 cm³/mol. The number of carbonyl (C=O) groups is 1. The minimum Gasteiger partial charge on any atom is -0.465 e. The fourth-order valence-electron chi connectivity index (χ4n) is 1.96. The zero-order chi connectivity index (χ0) is 16.9. The molecular weight excluding hydrogens is 429 g/mol. The summed E-state index contributed by atoms with van der Waals surface area (Å²) in [5, 5.41) is 0. The number of benzene rings is 2. The summed E-state index contributed by atoms with van der Waals surface area (Å²) in [6, 6.07) is 13.9. The third-order valence-corrected chi connectivity index (χ3v) is 5.21. The lowest BCUT2D eigenvalue weighted by molar-refractivity contribution is -0.145. The van der Waals surface area contributed by atoms with Crippen molar-refractivity contribution in [1.82, 2.24) is 4.72 Å². The van der Waals surface area contributed by atoms with Crippen molar-refractivity contribution in [3.05, 3.63) is 63.7 Å². The molecule has 0 aliphatic rings. The minimum absolute atomic E-state index is 0.100. The molecule has 0 heterocycles. The van der Waals surface area contributed by atoms with E-state index in [1.165, 1.54) is 12.1 Å². The number of ether oxygens (including phenoxy) is 1. The van der Waals surface area contributed by atoms with Crippen LogP contribution in [0.4, 0.5) is 0 Å². The van der Waals surface area contributed by atoms with E-state index < -0.39 is 22.0 Å². The Morgan fingerprint density at radius 3 is 2.30 bits per heavy atom. The van der Waals surface area contributed by atoms with E-state index in [2.05, 4.69) is 27.3 Å². The van der Waals surface area contributed by atoms with Gasteiger partial charge < -0.3 is 4.74 Å². The van der Waals surface area contributed by atoms with Gasteiger partial charge >= 0.3 is 5.97 Å². The highest BCUT2D eigenvalue weighted by molar-refractivity contribution is 14.1. The highest BCUT2D eigenvalue weighted by Gasteiger charge is 2.28. The van der Waals surface area contributed by atoms with E-state index in [4.69, 9.17) is 4.74 Å². The number of halogens is 1. The lowest BCUT2D eigenvalue weighted by Gasteiger charge is -2.17. The van der Waals surface area contributed by atoms with Crippen LogP contribution in [0.25, 0.3) is 0 Å². The van der Waals surface area contributed by atoms with Crippen molar-refractivity contribution in [3.63, 3.8) is 0 Å². The maximum Gasteiger partial charge on any atom is 0.328 e. The maximum absolute atomic E-state index is 12.5. The average Bonchev–Trinajstić information content (AvgIpc) is 2.54. The first-order valence-electron chi connectivity index (χ1n) is 6.93. The number of rotatable bonds is 6. The molecule has 1 N–H and O–H groups in total. The van der Waals surface area contributed by atoms with Crippen molar-refractivity contribution in [2.45, 2.75) is 17.9 Å². The third-order valence-electron chi connectivity index (χ3n) is 3.05. The van der Waals surface area contributed by atoms with Crippen LogP contribution >= 0.6 is 22.6 Å². The molecule has 0 saturated heterocycles. The van der Waals surface area contributed by atoms with Crippen molar-refractivity contribution in [3.8, 4) is 0 Å². The second-order valence-electron chi connectivity index (χ2n) is 4.67. The number of esters is 1. The van der Waals surface area contributed by atoms with E-state index in [1.54, 1.807) is 49.4 Å². The highest BCUT2D eigenvalue weighted by atomic mass is 127. The van der Waals surface area contributed by atoms with E-state index in [-0.39, 0.29) is 11.5 Å². The molecule has 0 amide bonds. The Bertz CT molecular complexity index is 760. The van der Waals surface area contributed by atoms with Crippen LogP contribution < -0.4 is 4.72 Å². The quantitative estimate of drug-likeness (QED) is 0.549. The molecule has 2 aromatic carbocycles. The minimum atomic E-state index is -3.84. The Kier molecular flexibility index (Phi) is 6.14. The third kappa shape index (κ3) is 4.76. The van der Waals surface area contributed by atoms with Gasteiger partial charge in [-0.05, 0) is 59.3 Å². The van der Waals surface area contributed by atoms with Crippen LogP contribution in [0.5, 0.6) is 0 Å². The Balaban J connectivity index is 2.33. The zero-order valence-electron chi connectivity index (χ0n) is 12.4. The number of hydrogen-bond donors (Lipinski definition) is 1. The summed E-state index contributed by atoms with van der Waals surface area (Å²) in [5.74, 6) is -0.632. The molecule has 0 aliphatic carbocycles. The number of hydrogen-bond acceptors (Lipinski definition) is 4. The molecule has 0 radical (unpaired) electrons. The average molecular weight is 445 g/mol. The summed E-state index contributed by atoms with van der Waals surface area (Å²) in [6.07, 6.45) is 0. The molecule has 122 valence electrons. The Labute approximate surface area is 149 Å². The summed E-state index contributed by atoms with van der Waals surface area (Å²) in [6.45, 7) is 1.85. The molecule has 7 heteroatoms. The first-order chi connectivity index (χ1) is 10.9. The van der Waals surface area contributed by atoms with Gasteiger partial charge in [0, 0.05) is 3.57 Å². The fourth-order valence-corrected chi connectivity index (χ4v) is 3.49. The Morgan fingerprint density at radius 2 is 1.74 bits per heavy atom. The molecule has 1 unspecified atom stereocenters. The summed E-state index contributed by atoms with van der Waals surface area (Å²) < 4.78 is 33.4. The van der Waals surface area contributed by atoms with Crippen molar-refractivity contribution in [2.24, 2.45) is 0 Å². The smallest absolute Gasteiger partial charge is 0.328 e. The van der Waals surface area contributed by atoms with Gasteiger partial charge in [-0.15, -0.1) is 0 Å². The van der Waals surface area contributed by atoms with Crippen LogP contribution in [0.3, 0.4) is 0 Å². The summed E-state index contributed by atoms with van der Waals surface area (Å²) in [7, 11) is -3.84. The van der Waals surface area contributed by atoms with E-state index in [9.17, 15) is 13.2 Å². The molecular formula is C16H16INO4S. The molecule has 1 atom stereocenters. The lowest BCUT2D eigenvalue weighted by Crippen LogP contribution is -2.35. The SMILES string of the molecule is CCOC(=O)C(NS(=O)(=O)c1ccc(I)cc1)c1ccccc1. The molecule has 0 spiro atoms. The monoisotopic (exact) mass is 445 g/mol. The van der Waals surface area contributed by atoms with Gasteiger partial charge in [-0.2, -0.15) is 4.72 Å². The first-order valence-corrected chi connectivity index (χ1v) is 9.49. The molecule has 0 saturated carbocycles. The lowest BCUT2D eigenvalue weighted by atomic mass is 10.1. The van der Waals surface area contributed by atoms with Crippen LogP contribution in [0.2, 0.25) is 0 Å². The first kappa shape index (κ1) is 17.9. The standard InChI is InChI=1S/C16H16INO4S/c1-2-22-16(19)15(12-6-4-3-5-7-12)18-23(20,21)14-10-8-13(17)9-11-14/h3-11,15,18H,2H2,1H3. The van der Waals surface area contributed by atoms with Gasteiger partial charge in [0.1, 0.15) is 6.04 Å². The highest BCUT2D eigenvalue weighted by Crippen LogP contribution is 2.19. The van der Waals surface area contributed by atoms with Gasteiger partial charge in [0.2, 0.25) is 10.0 Å². The fraction of sp³-hybridized carbons (Fsp3) is 0.188. The van der Waals surface area contributed by atoms with Gasteiger partial charge in [0.25, 0.3) is 0 Å². The second-order valence-corrected chi connectivity index (χ2v) is 7.63. The van der Waals surface area contributed by atoms with Gasteiger partial charge in [0.15, 0.2) is 0 Å². The molecule has 0 aromatic heterocycles. The molecule has 0 aliphatic heterocycles. The molecule has 0 fully saturated rings. The second kappa shape index (κ2) is 7.89. The summed E-state index contributed by atoms with van der Waals surface area (Å²) in [5.41, 5.74) is 0.528. The summed E-state index contributed by atoms with van der Waals surface area (Å²) in [4.78, 5) is 12.3. The molecule has 23 heavy (non-hydrogen) atoms. The van der Waals surface area contributed by atoms with Crippen molar-refractivity contribution < 1.29 is 17.9 Å². The predicted octanol–water partition coefficient (Wildman–Crippen LogP) is 2.87. The number of carbonyl (C=O) groups excluding carboxylic acids is 1. The maximum atomic E-state index is 12.5. The van der Waals surface area contributed by atoms with Gasteiger partial charge in [-0.3, -0.25) is 0 Å². The molecule has 0 bridgehead atoms. The number of sulfonamides is 1. The van der Waals surface area contributed by atoms with Crippen LogP contribution in [-0.4, -0.2) is 21.0 Å². The van der Waals surface area contributed by atoms with E-state index in [1.807, 2.05) is 0 Å². The van der Waals surface area contributed by atoms with Gasteiger partial charge in [0.05, 0.1) is 11.5 Å². The summed E-state index contributed by atoms with van der Waals surface area (Å²) >= 11 is 2.09. The van der Waals surface area contributed by atoms with Crippen LogP contribution in [0.15, 0.2) is 59.5 Å².